The predicted molar refractivity (Wildman–Crippen MR) is 99.5 cm³/mol. The van der Waals surface area contributed by atoms with E-state index in [4.69, 9.17) is 20.9 Å². The van der Waals surface area contributed by atoms with E-state index in [1.807, 2.05) is 30.3 Å². The normalized spacial score (nSPS) is 14.7. The zero-order valence-electron chi connectivity index (χ0n) is 14.2. The van der Waals surface area contributed by atoms with Crippen LogP contribution < -0.4 is 10.1 Å². The number of carbonyl (C=O) groups excluding carboxylic acids is 1. The van der Waals surface area contributed by atoms with Gasteiger partial charge in [0.25, 0.3) is 0 Å². The number of hydrogen-bond donors (Lipinski definition) is 1. The van der Waals surface area contributed by atoms with Crippen LogP contribution in [0, 0.1) is 0 Å². The highest BCUT2D eigenvalue weighted by atomic mass is 35.5. The zero-order valence-corrected chi connectivity index (χ0v) is 14.9. The highest BCUT2D eigenvalue weighted by Gasteiger charge is 2.53. The lowest BCUT2D eigenvalue weighted by Crippen LogP contribution is -2.28. The minimum Gasteiger partial charge on any atom is -0.497 e. The maximum atomic E-state index is 12.8. The fraction of sp³-hybridized carbons (Fsp3) is 0.200. The predicted octanol–water partition coefficient (Wildman–Crippen LogP) is 4.67. The van der Waals surface area contributed by atoms with Crippen molar-refractivity contribution in [1.29, 1.82) is 0 Å². The number of benzene rings is 2. The van der Waals surface area contributed by atoms with E-state index >= 15 is 0 Å². The van der Waals surface area contributed by atoms with E-state index < -0.39 is 5.41 Å². The molecular formula is C20H17ClN2O3. The molecule has 26 heavy (non-hydrogen) atoms. The van der Waals surface area contributed by atoms with Gasteiger partial charge in [-0.3, -0.25) is 4.79 Å². The van der Waals surface area contributed by atoms with Crippen LogP contribution in [-0.4, -0.2) is 18.2 Å². The molecule has 1 N–H and O–H groups in total. The van der Waals surface area contributed by atoms with Crippen molar-refractivity contribution in [2.45, 2.75) is 18.3 Å². The van der Waals surface area contributed by atoms with Crippen molar-refractivity contribution < 1.29 is 14.1 Å². The molecule has 0 atom stereocenters. The summed E-state index contributed by atoms with van der Waals surface area (Å²) in [6, 6.07) is 16.4. The van der Waals surface area contributed by atoms with Gasteiger partial charge in [0, 0.05) is 22.3 Å². The van der Waals surface area contributed by atoms with Crippen LogP contribution in [0.2, 0.25) is 5.02 Å². The lowest BCUT2D eigenvalue weighted by molar-refractivity contribution is -0.118. The lowest BCUT2D eigenvalue weighted by atomic mass is 10.00. The van der Waals surface area contributed by atoms with Crippen LogP contribution in [0.25, 0.3) is 11.3 Å². The van der Waals surface area contributed by atoms with Crippen LogP contribution in [0.4, 0.5) is 5.69 Å². The molecule has 1 aromatic heterocycles. The Morgan fingerprint density at radius 3 is 2.65 bits per heavy atom. The number of hydrogen-bond acceptors (Lipinski definition) is 4. The summed E-state index contributed by atoms with van der Waals surface area (Å²) in [5.74, 6) is 1.27. The van der Waals surface area contributed by atoms with Crippen LogP contribution in [0.15, 0.2) is 59.1 Å². The third-order valence-corrected chi connectivity index (χ3v) is 4.89. The molecule has 1 amide bonds. The summed E-state index contributed by atoms with van der Waals surface area (Å²) in [7, 11) is 1.62. The fourth-order valence-electron chi connectivity index (χ4n) is 2.92. The number of amides is 1. The average molecular weight is 369 g/mol. The Kier molecular flexibility index (Phi) is 4.17. The van der Waals surface area contributed by atoms with Crippen molar-refractivity contribution in [2.24, 2.45) is 0 Å². The molecule has 3 aromatic rings. The number of methoxy groups -OCH3 is 1. The van der Waals surface area contributed by atoms with Gasteiger partial charge in [-0.2, -0.15) is 0 Å². The second kappa shape index (κ2) is 6.50. The summed E-state index contributed by atoms with van der Waals surface area (Å²) in [6.07, 6.45) is 1.49. The van der Waals surface area contributed by atoms with Gasteiger partial charge in [-0.1, -0.05) is 28.9 Å². The summed E-state index contributed by atoms with van der Waals surface area (Å²) in [5, 5.41) is 7.73. The van der Waals surface area contributed by atoms with Gasteiger partial charge < -0.3 is 14.6 Å². The van der Waals surface area contributed by atoms with Crippen molar-refractivity contribution in [2.75, 3.05) is 12.4 Å². The van der Waals surface area contributed by atoms with E-state index in [1.54, 1.807) is 31.4 Å². The van der Waals surface area contributed by atoms with Crippen molar-refractivity contribution in [3.8, 4) is 17.1 Å². The van der Waals surface area contributed by atoms with E-state index in [2.05, 4.69) is 10.5 Å². The molecule has 0 spiro atoms. The number of nitrogens with one attached hydrogen (secondary N) is 1. The molecule has 5 nitrogen and oxygen atoms in total. The van der Waals surface area contributed by atoms with Gasteiger partial charge in [-0.05, 0) is 49.2 Å². The second-order valence-electron chi connectivity index (χ2n) is 6.35. The van der Waals surface area contributed by atoms with Crippen LogP contribution >= 0.6 is 11.6 Å². The molecule has 1 heterocycles. The molecule has 2 aromatic carbocycles. The van der Waals surface area contributed by atoms with Crippen molar-refractivity contribution in [3.63, 3.8) is 0 Å². The maximum absolute atomic E-state index is 12.8. The van der Waals surface area contributed by atoms with Crippen molar-refractivity contribution in [1.82, 2.24) is 5.16 Å². The van der Waals surface area contributed by atoms with E-state index in [0.717, 1.165) is 24.2 Å². The smallest absolute Gasteiger partial charge is 0.236 e. The number of rotatable bonds is 5. The average Bonchev–Trinajstić information content (AvgIpc) is 3.33. The maximum Gasteiger partial charge on any atom is 0.236 e. The summed E-state index contributed by atoms with van der Waals surface area (Å²) >= 11 is 5.88. The van der Waals surface area contributed by atoms with Crippen LogP contribution in [0.3, 0.4) is 0 Å². The molecule has 6 heteroatoms. The molecule has 0 bridgehead atoms. The number of ether oxygens (including phenoxy) is 1. The number of carbonyl (C=O) groups is 1. The van der Waals surface area contributed by atoms with E-state index in [1.165, 1.54) is 0 Å². The Morgan fingerprint density at radius 2 is 1.96 bits per heavy atom. The van der Waals surface area contributed by atoms with Gasteiger partial charge in [0.15, 0.2) is 5.76 Å². The van der Waals surface area contributed by atoms with Gasteiger partial charge in [0.2, 0.25) is 5.91 Å². The van der Waals surface area contributed by atoms with E-state index in [9.17, 15) is 4.79 Å². The highest BCUT2D eigenvalue weighted by Crippen LogP contribution is 2.49. The first-order valence-corrected chi connectivity index (χ1v) is 8.67. The molecule has 132 valence electrons. The number of nitrogens with zero attached hydrogens (tertiary/aromatic N) is 1. The summed E-state index contributed by atoms with van der Waals surface area (Å²) in [6.45, 7) is 0. The molecule has 0 aliphatic heterocycles. The van der Waals surface area contributed by atoms with Crippen LogP contribution in [0.5, 0.6) is 5.75 Å². The third-order valence-electron chi connectivity index (χ3n) is 4.64. The number of anilines is 1. The van der Waals surface area contributed by atoms with Gasteiger partial charge in [-0.25, -0.2) is 0 Å². The number of halogens is 1. The van der Waals surface area contributed by atoms with Gasteiger partial charge in [0.05, 0.1) is 18.2 Å². The van der Waals surface area contributed by atoms with Crippen molar-refractivity contribution >= 4 is 23.2 Å². The molecule has 1 aliphatic carbocycles. The molecule has 1 fully saturated rings. The van der Waals surface area contributed by atoms with E-state index in [-0.39, 0.29) is 5.91 Å². The number of aromatic nitrogens is 1. The first kappa shape index (κ1) is 16.7. The summed E-state index contributed by atoms with van der Waals surface area (Å²) in [4.78, 5) is 12.8. The Bertz CT molecular complexity index is 946. The molecule has 4 rings (SSSR count). The minimum absolute atomic E-state index is 0.0784. The zero-order chi connectivity index (χ0) is 18.1. The highest BCUT2D eigenvalue weighted by molar-refractivity contribution is 6.30. The SMILES string of the molecule is COc1cccc(-c2cc(C3(C(=O)Nc4ccc(Cl)cc4)CC3)no2)c1. The van der Waals surface area contributed by atoms with Crippen LogP contribution in [-0.2, 0) is 10.2 Å². The molecule has 0 radical (unpaired) electrons. The van der Waals surface area contributed by atoms with Crippen LogP contribution in [0.1, 0.15) is 18.5 Å². The van der Waals surface area contributed by atoms with Gasteiger partial charge >= 0.3 is 0 Å². The first-order valence-electron chi connectivity index (χ1n) is 8.29. The standard InChI is InChI=1S/C20H17ClN2O3/c1-25-16-4-2-3-13(11-16)17-12-18(23-26-17)20(9-10-20)19(24)22-15-7-5-14(21)6-8-15/h2-8,11-12H,9-10H2,1H3,(H,22,24). The summed E-state index contributed by atoms with van der Waals surface area (Å²) in [5.41, 5.74) is 1.60. The van der Waals surface area contributed by atoms with Gasteiger partial charge in [-0.15, -0.1) is 0 Å². The Morgan fingerprint density at radius 1 is 1.19 bits per heavy atom. The Balaban J connectivity index is 1.56. The topological polar surface area (TPSA) is 64.4 Å². The quantitative estimate of drug-likeness (QED) is 0.710. The second-order valence-corrected chi connectivity index (χ2v) is 6.79. The van der Waals surface area contributed by atoms with E-state index in [0.29, 0.717) is 22.2 Å². The fourth-order valence-corrected chi connectivity index (χ4v) is 3.05. The monoisotopic (exact) mass is 368 g/mol. The molecule has 1 saturated carbocycles. The molecule has 1 aliphatic rings. The minimum atomic E-state index is -0.625. The Hall–Kier alpha value is -2.79. The Labute approximate surface area is 155 Å². The largest absolute Gasteiger partial charge is 0.497 e. The lowest BCUT2D eigenvalue weighted by Gasteiger charge is -2.12. The molecule has 0 saturated heterocycles. The summed E-state index contributed by atoms with van der Waals surface area (Å²) < 4.78 is 10.7. The molecule has 0 unspecified atom stereocenters. The first-order chi connectivity index (χ1) is 12.6. The van der Waals surface area contributed by atoms with Gasteiger partial charge in [0.1, 0.15) is 5.75 Å². The van der Waals surface area contributed by atoms with Crippen molar-refractivity contribution in [3.05, 3.63) is 65.3 Å². The molecular weight excluding hydrogens is 352 g/mol. The third kappa shape index (κ3) is 3.06.